The zero-order valence-corrected chi connectivity index (χ0v) is 8.61. The normalized spacial score (nSPS) is 10.0. The summed E-state index contributed by atoms with van der Waals surface area (Å²) in [5.41, 5.74) is 0. The van der Waals surface area contributed by atoms with Crippen LogP contribution >= 0.6 is 23.2 Å². The molecule has 0 aliphatic heterocycles. The molecule has 7 nitrogen and oxygen atoms in total. The highest BCUT2D eigenvalue weighted by molar-refractivity contribution is 6.31. The van der Waals surface area contributed by atoms with Crippen LogP contribution in [0, 0.1) is 0 Å². The Morgan fingerprint density at radius 2 is 1.80 bits per heavy atom. The van der Waals surface area contributed by atoms with Crippen molar-refractivity contribution in [3.63, 3.8) is 0 Å². The molecule has 0 unspecified atom stereocenters. The number of rotatable bonds is 2. The van der Waals surface area contributed by atoms with E-state index in [-0.39, 0.29) is 16.5 Å². The number of hydrogen-bond acceptors (Lipinski definition) is 7. The second-order valence-corrected chi connectivity index (χ2v) is 3.00. The molecule has 0 aromatic carbocycles. The molecule has 76 valence electrons. The summed E-state index contributed by atoms with van der Waals surface area (Å²) < 4.78 is 0. The van der Waals surface area contributed by atoms with Crippen LogP contribution in [0.4, 0.5) is 11.8 Å². The van der Waals surface area contributed by atoms with Crippen molar-refractivity contribution in [3.8, 4) is 0 Å². The molecular formula is C6H3Cl2N7. The first kappa shape index (κ1) is 9.94. The lowest BCUT2D eigenvalue weighted by Crippen LogP contribution is -2.01. The van der Waals surface area contributed by atoms with Gasteiger partial charge in [-0.2, -0.15) is 15.0 Å². The predicted molar refractivity (Wildman–Crippen MR) is 53.0 cm³/mol. The summed E-state index contributed by atoms with van der Waals surface area (Å²) in [6.45, 7) is 0. The monoisotopic (exact) mass is 243 g/mol. The van der Waals surface area contributed by atoms with Gasteiger partial charge in [0.2, 0.25) is 16.5 Å². The van der Waals surface area contributed by atoms with E-state index in [2.05, 4.69) is 35.7 Å². The van der Waals surface area contributed by atoms with Gasteiger partial charge < -0.3 is 5.32 Å². The first-order valence-electron chi connectivity index (χ1n) is 3.72. The summed E-state index contributed by atoms with van der Waals surface area (Å²) >= 11 is 11.2. The maximum absolute atomic E-state index is 5.58. The molecule has 9 heteroatoms. The Bertz CT molecular complexity index is 442. The van der Waals surface area contributed by atoms with Gasteiger partial charge in [-0.15, -0.1) is 10.2 Å². The van der Waals surface area contributed by atoms with Crippen LogP contribution in [0.15, 0.2) is 12.3 Å². The van der Waals surface area contributed by atoms with Gasteiger partial charge in [-0.1, -0.05) is 0 Å². The van der Waals surface area contributed by atoms with E-state index in [1.807, 2.05) is 0 Å². The van der Waals surface area contributed by atoms with Crippen LogP contribution in [0.3, 0.4) is 0 Å². The summed E-state index contributed by atoms with van der Waals surface area (Å²) in [6.07, 6.45) is 1.47. The second kappa shape index (κ2) is 4.28. The average molecular weight is 244 g/mol. The minimum atomic E-state index is -0.000449. The van der Waals surface area contributed by atoms with Crippen molar-refractivity contribution < 1.29 is 0 Å². The second-order valence-electron chi connectivity index (χ2n) is 2.33. The van der Waals surface area contributed by atoms with E-state index in [1.165, 1.54) is 6.20 Å². The molecule has 0 aliphatic rings. The zero-order chi connectivity index (χ0) is 10.7. The van der Waals surface area contributed by atoms with Crippen molar-refractivity contribution in [3.05, 3.63) is 22.8 Å². The van der Waals surface area contributed by atoms with E-state index in [9.17, 15) is 0 Å². The fourth-order valence-electron chi connectivity index (χ4n) is 0.804. The van der Waals surface area contributed by atoms with Crippen LogP contribution in [0.25, 0.3) is 0 Å². The fraction of sp³-hybridized carbons (Fsp3) is 0. The molecular weight excluding hydrogens is 241 g/mol. The molecule has 0 fully saturated rings. The third-order valence-corrected chi connectivity index (χ3v) is 1.66. The van der Waals surface area contributed by atoms with Gasteiger partial charge in [-0.25, -0.2) is 0 Å². The van der Waals surface area contributed by atoms with Crippen LogP contribution in [0.2, 0.25) is 10.6 Å². The lowest BCUT2D eigenvalue weighted by atomic mass is 10.6. The molecule has 0 amide bonds. The lowest BCUT2D eigenvalue weighted by Gasteiger charge is -2.01. The van der Waals surface area contributed by atoms with Crippen molar-refractivity contribution in [2.75, 3.05) is 5.32 Å². The molecule has 0 spiro atoms. The Balaban J connectivity index is 2.25. The smallest absolute Gasteiger partial charge is 0.234 e. The van der Waals surface area contributed by atoms with Gasteiger partial charge in [-0.3, -0.25) is 0 Å². The highest BCUT2D eigenvalue weighted by Crippen LogP contribution is 2.12. The Morgan fingerprint density at radius 1 is 1.07 bits per heavy atom. The van der Waals surface area contributed by atoms with E-state index in [1.54, 1.807) is 6.07 Å². The lowest BCUT2D eigenvalue weighted by molar-refractivity contribution is 0.868. The third kappa shape index (κ3) is 2.67. The van der Waals surface area contributed by atoms with Crippen LogP contribution in [-0.4, -0.2) is 30.4 Å². The minimum Gasteiger partial charge on any atom is -0.307 e. The molecule has 0 aliphatic carbocycles. The van der Waals surface area contributed by atoms with Crippen molar-refractivity contribution in [1.82, 2.24) is 30.4 Å². The molecule has 0 bridgehead atoms. The Morgan fingerprint density at radius 3 is 2.40 bits per heavy atom. The molecule has 2 rings (SSSR count). The van der Waals surface area contributed by atoms with Crippen molar-refractivity contribution in [1.29, 1.82) is 0 Å². The highest BCUT2D eigenvalue weighted by Gasteiger charge is 2.03. The first-order chi connectivity index (χ1) is 7.24. The van der Waals surface area contributed by atoms with Crippen LogP contribution in [0.1, 0.15) is 0 Å². The number of anilines is 2. The van der Waals surface area contributed by atoms with E-state index in [4.69, 9.17) is 23.2 Å². The molecule has 2 aromatic rings. The van der Waals surface area contributed by atoms with Crippen LogP contribution < -0.4 is 5.32 Å². The summed E-state index contributed by atoms with van der Waals surface area (Å²) in [6, 6.07) is 1.60. The van der Waals surface area contributed by atoms with Gasteiger partial charge in [-0.05, 0) is 28.4 Å². The maximum atomic E-state index is 5.58. The SMILES string of the molecule is Clc1nc(Cl)nc(Nc2ccnnn2)n1. The number of nitrogens with one attached hydrogen (secondary N) is 1. The quantitative estimate of drug-likeness (QED) is 0.845. The number of nitrogens with zero attached hydrogens (tertiary/aromatic N) is 6. The standard InChI is InChI=1S/C6H3Cl2N7/c7-4-11-5(8)13-6(12-4)10-3-1-2-9-15-14-3/h1-2H,(H,9,10,11,12,13,14). The summed E-state index contributed by atoms with van der Waals surface area (Å²) in [5.74, 6) is 0.629. The molecule has 0 saturated carbocycles. The van der Waals surface area contributed by atoms with E-state index in [0.29, 0.717) is 5.82 Å². The van der Waals surface area contributed by atoms with Gasteiger partial charge in [0, 0.05) is 6.07 Å². The van der Waals surface area contributed by atoms with Gasteiger partial charge in [0.15, 0.2) is 5.82 Å². The van der Waals surface area contributed by atoms with E-state index >= 15 is 0 Å². The van der Waals surface area contributed by atoms with E-state index < -0.39 is 0 Å². The fourth-order valence-corrected chi connectivity index (χ4v) is 1.17. The van der Waals surface area contributed by atoms with Gasteiger partial charge in [0.1, 0.15) is 0 Å². The minimum absolute atomic E-state index is 0.000449. The third-order valence-electron chi connectivity index (χ3n) is 1.32. The molecule has 0 radical (unpaired) electrons. The predicted octanol–water partition coefficient (Wildman–Crippen LogP) is 1.11. The van der Waals surface area contributed by atoms with Gasteiger partial charge in [0.05, 0.1) is 6.20 Å². The van der Waals surface area contributed by atoms with Crippen molar-refractivity contribution >= 4 is 35.0 Å². The summed E-state index contributed by atoms with van der Waals surface area (Å²) in [5, 5.41) is 13.4. The molecule has 15 heavy (non-hydrogen) atoms. The molecule has 0 saturated heterocycles. The Kier molecular flexibility index (Phi) is 2.84. The van der Waals surface area contributed by atoms with E-state index in [0.717, 1.165) is 0 Å². The summed E-state index contributed by atoms with van der Waals surface area (Å²) in [4.78, 5) is 11.2. The van der Waals surface area contributed by atoms with Gasteiger partial charge in [0.25, 0.3) is 0 Å². The van der Waals surface area contributed by atoms with Crippen molar-refractivity contribution in [2.45, 2.75) is 0 Å². The van der Waals surface area contributed by atoms with Gasteiger partial charge >= 0.3 is 0 Å². The van der Waals surface area contributed by atoms with Crippen LogP contribution in [0.5, 0.6) is 0 Å². The molecule has 2 heterocycles. The maximum Gasteiger partial charge on any atom is 0.234 e. The highest BCUT2D eigenvalue weighted by atomic mass is 35.5. The first-order valence-corrected chi connectivity index (χ1v) is 4.48. The largest absolute Gasteiger partial charge is 0.307 e. The summed E-state index contributed by atoms with van der Waals surface area (Å²) in [7, 11) is 0. The number of aromatic nitrogens is 6. The topological polar surface area (TPSA) is 89.4 Å². The molecule has 0 atom stereocenters. The Labute approximate surface area is 93.9 Å². The Hall–Kier alpha value is -1.60. The molecule has 2 aromatic heterocycles. The van der Waals surface area contributed by atoms with Crippen LogP contribution in [-0.2, 0) is 0 Å². The number of hydrogen-bond donors (Lipinski definition) is 1. The zero-order valence-electron chi connectivity index (χ0n) is 7.09. The number of halogens is 2. The van der Waals surface area contributed by atoms with Crippen molar-refractivity contribution in [2.24, 2.45) is 0 Å². The average Bonchev–Trinajstić information content (AvgIpc) is 2.17. The molecule has 1 N–H and O–H groups in total.